The van der Waals surface area contributed by atoms with E-state index in [4.69, 9.17) is 4.55 Å². The summed E-state index contributed by atoms with van der Waals surface area (Å²) in [5, 5.41) is 0. The maximum absolute atomic E-state index is 10.4. The first-order valence-corrected chi connectivity index (χ1v) is 4.75. The van der Waals surface area contributed by atoms with Crippen molar-refractivity contribution >= 4 is 63.2 Å². The van der Waals surface area contributed by atoms with Crippen molar-refractivity contribution in [2.24, 2.45) is 0 Å². The van der Waals surface area contributed by atoms with Crippen LogP contribution in [0.3, 0.4) is 0 Å². The Balaban J connectivity index is 0.000001000. The van der Waals surface area contributed by atoms with Gasteiger partial charge in [0.05, 0.1) is 4.90 Å². The van der Waals surface area contributed by atoms with Crippen molar-refractivity contribution in [3.63, 3.8) is 0 Å². The molecule has 1 radical (unpaired) electrons. The zero-order valence-electron chi connectivity index (χ0n) is 5.95. The smallest absolute Gasteiger partial charge is 0.186 e. The zero-order chi connectivity index (χ0) is 7.56. The van der Waals surface area contributed by atoms with E-state index in [2.05, 4.69) is 22.6 Å². The quantitative estimate of drug-likeness (QED) is 0.483. The van der Waals surface area contributed by atoms with Crippen molar-refractivity contribution in [3.8, 4) is 0 Å². The van der Waals surface area contributed by atoms with E-state index in [1.165, 1.54) is 0 Å². The molecule has 0 aliphatic rings. The number of rotatable bonds is 1. The van der Waals surface area contributed by atoms with Crippen LogP contribution in [0.5, 0.6) is 0 Å². The average molecular weight is 291 g/mol. The third-order valence-electron chi connectivity index (χ3n) is 1.02. The summed E-state index contributed by atoms with van der Waals surface area (Å²) in [5.41, 5.74) is 0. The van der Waals surface area contributed by atoms with E-state index < -0.39 is 11.1 Å². The van der Waals surface area contributed by atoms with Crippen molar-refractivity contribution < 1.29 is 8.76 Å². The van der Waals surface area contributed by atoms with E-state index in [1.54, 1.807) is 24.3 Å². The summed E-state index contributed by atoms with van der Waals surface area (Å²) in [6.07, 6.45) is 0. The van der Waals surface area contributed by atoms with E-state index in [1.807, 2.05) is 0 Å². The second-order valence-corrected chi connectivity index (χ2v) is 3.92. The molecule has 55 valence electrons. The summed E-state index contributed by atoms with van der Waals surface area (Å²) in [5.74, 6) is 0. The fraction of sp³-hybridized carbons (Fsp3) is 0. The summed E-state index contributed by atoms with van der Waals surface area (Å²) >= 11 is 0.299. The third-order valence-corrected chi connectivity index (χ3v) is 2.41. The Morgan fingerprint density at radius 2 is 1.73 bits per heavy atom. The molecule has 1 aromatic rings. The fourth-order valence-corrected chi connectivity index (χ4v) is 1.28. The topological polar surface area (TPSA) is 37.3 Å². The van der Waals surface area contributed by atoms with Gasteiger partial charge in [-0.15, -0.1) is 0 Å². The first-order chi connectivity index (χ1) is 4.70. The maximum Gasteiger partial charge on any atom is 0.186 e. The molecule has 0 bridgehead atoms. The Hall–Kier alpha value is 1.06. The summed E-state index contributed by atoms with van der Waals surface area (Å²) in [6.45, 7) is 0. The fourth-order valence-electron chi connectivity index (χ4n) is 0.551. The normalized spacial score (nSPS) is 11.8. The molecular formula is C6H5INaO2S. The monoisotopic (exact) mass is 291 g/mol. The van der Waals surface area contributed by atoms with Gasteiger partial charge >= 0.3 is 0 Å². The molecule has 0 fully saturated rings. The Bertz CT molecular complexity index is 249. The van der Waals surface area contributed by atoms with Gasteiger partial charge in [-0.25, -0.2) is 4.21 Å². The standard InChI is InChI=1S/C6H5IO2S.Na/c7-5-1-3-6(4-2-5)10(8)9;/h1-4H,(H,8,9);. The van der Waals surface area contributed by atoms with Crippen LogP contribution in [0.15, 0.2) is 29.2 Å². The van der Waals surface area contributed by atoms with Crippen molar-refractivity contribution in [3.05, 3.63) is 27.8 Å². The molecule has 2 nitrogen and oxygen atoms in total. The second-order valence-electron chi connectivity index (χ2n) is 1.70. The van der Waals surface area contributed by atoms with Crippen LogP contribution in [0, 0.1) is 3.57 Å². The molecule has 1 aromatic carbocycles. The van der Waals surface area contributed by atoms with Gasteiger partial charge < -0.3 is 4.55 Å². The zero-order valence-corrected chi connectivity index (χ0v) is 10.9. The van der Waals surface area contributed by atoms with Gasteiger partial charge in [-0.05, 0) is 46.9 Å². The summed E-state index contributed by atoms with van der Waals surface area (Å²) in [6, 6.07) is 6.86. The largest absolute Gasteiger partial charge is 0.302 e. The molecular weight excluding hydrogens is 286 g/mol. The molecule has 5 heteroatoms. The first-order valence-electron chi connectivity index (χ1n) is 2.56. The molecule has 0 aliphatic carbocycles. The van der Waals surface area contributed by atoms with Crippen LogP contribution in [0.1, 0.15) is 0 Å². The van der Waals surface area contributed by atoms with E-state index in [9.17, 15) is 4.21 Å². The molecule has 1 atom stereocenters. The van der Waals surface area contributed by atoms with Crippen LogP contribution < -0.4 is 0 Å². The molecule has 0 spiro atoms. The molecule has 1 rings (SSSR count). The van der Waals surface area contributed by atoms with Gasteiger partial charge in [0.15, 0.2) is 11.1 Å². The van der Waals surface area contributed by atoms with E-state index in [0.29, 0.717) is 4.90 Å². The summed E-state index contributed by atoms with van der Waals surface area (Å²) < 4.78 is 20.1. The van der Waals surface area contributed by atoms with Gasteiger partial charge in [-0.2, -0.15) is 0 Å². The second kappa shape index (κ2) is 5.66. The van der Waals surface area contributed by atoms with Crippen molar-refractivity contribution in [1.82, 2.24) is 0 Å². The van der Waals surface area contributed by atoms with Crippen LogP contribution in [0.4, 0.5) is 0 Å². The van der Waals surface area contributed by atoms with Crippen LogP contribution in [0.25, 0.3) is 0 Å². The van der Waals surface area contributed by atoms with Gasteiger partial charge in [0.25, 0.3) is 0 Å². The van der Waals surface area contributed by atoms with E-state index in [0.717, 1.165) is 3.57 Å². The molecule has 0 aromatic heterocycles. The predicted molar refractivity (Wildman–Crippen MR) is 54.0 cm³/mol. The Labute approximate surface area is 103 Å². The Kier molecular flexibility index (Phi) is 6.21. The summed E-state index contributed by atoms with van der Waals surface area (Å²) in [4.78, 5) is 0.445. The van der Waals surface area contributed by atoms with Crippen molar-refractivity contribution in [2.75, 3.05) is 0 Å². The minimum Gasteiger partial charge on any atom is -0.302 e. The van der Waals surface area contributed by atoms with Crippen molar-refractivity contribution in [2.45, 2.75) is 4.90 Å². The van der Waals surface area contributed by atoms with Gasteiger partial charge in [-0.1, -0.05) is 0 Å². The van der Waals surface area contributed by atoms with Crippen molar-refractivity contribution in [1.29, 1.82) is 0 Å². The Morgan fingerprint density at radius 1 is 1.27 bits per heavy atom. The van der Waals surface area contributed by atoms with E-state index >= 15 is 0 Å². The Morgan fingerprint density at radius 3 is 2.09 bits per heavy atom. The van der Waals surface area contributed by atoms with Gasteiger partial charge in [0.1, 0.15) is 0 Å². The van der Waals surface area contributed by atoms with E-state index in [-0.39, 0.29) is 29.6 Å². The van der Waals surface area contributed by atoms with Crippen LogP contribution >= 0.6 is 22.6 Å². The SMILES string of the molecule is O=S(O)c1ccc(I)cc1.[Na]. The average Bonchev–Trinajstić information content (AvgIpc) is 1.88. The first kappa shape index (κ1) is 12.1. The minimum absolute atomic E-state index is 0. The molecule has 11 heavy (non-hydrogen) atoms. The number of hydrogen-bond donors (Lipinski definition) is 1. The molecule has 0 amide bonds. The van der Waals surface area contributed by atoms with Gasteiger partial charge in [0, 0.05) is 33.1 Å². The molecule has 0 saturated carbocycles. The molecule has 0 saturated heterocycles. The van der Waals surface area contributed by atoms with Gasteiger partial charge in [0.2, 0.25) is 0 Å². The molecule has 1 unspecified atom stereocenters. The van der Waals surface area contributed by atoms with Crippen LogP contribution in [0.2, 0.25) is 0 Å². The number of benzene rings is 1. The molecule has 0 aliphatic heterocycles. The number of hydrogen-bond acceptors (Lipinski definition) is 1. The minimum atomic E-state index is -1.84. The van der Waals surface area contributed by atoms with Crippen LogP contribution in [-0.2, 0) is 11.1 Å². The van der Waals surface area contributed by atoms with Crippen LogP contribution in [-0.4, -0.2) is 38.3 Å². The maximum atomic E-state index is 10.4. The third kappa shape index (κ3) is 4.00. The molecule has 0 heterocycles. The summed E-state index contributed by atoms with van der Waals surface area (Å²) in [7, 11) is 0. The van der Waals surface area contributed by atoms with Gasteiger partial charge in [-0.3, -0.25) is 0 Å². The number of halogens is 1. The predicted octanol–water partition coefficient (Wildman–Crippen LogP) is 1.49. The molecule has 1 N–H and O–H groups in total.